The molecule has 0 radical (unpaired) electrons. The lowest BCUT2D eigenvalue weighted by atomic mass is 9.98. The minimum Gasteiger partial charge on any atom is -0.493 e. The van der Waals surface area contributed by atoms with Gasteiger partial charge in [-0.05, 0) is 36.1 Å². The highest BCUT2D eigenvalue weighted by Gasteiger charge is 2.06. The van der Waals surface area contributed by atoms with Gasteiger partial charge in [-0.2, -0.15) is 15.0 Å². The molecule has 0 fully saturated rings. The average Bonchev–Trinajstić information content (AvgIpc) is 2.42. The van der Waals surface area contributed by atoms with Gasteiger partial charge in [0.05, 0.1) is 6.61 Å². The Morgan fingerprint density at radius 1 is 1.14 bits per heavy atom. The third kappa shape index (κ3) is 4.49. The Bertz CT molecular complexity index is 628. The fourth-order valence-electron chi connectivity index (χ4n) is 2.13. The third-order valence-electron chi connectivity index (χ3n) is 3.10. The molecule has 1 heterocycles. The molecule has 7 heteroatoms. The van der Waals surface area contributed by atoms with E-state index in [0.717, 1.165) is 5.75 Å². The summed E-state index contributed by atoms with van der Waals surface area (Å²) in [6.45, 7) is 7.03. The SMILES string of the molecule is Cc1cc(OCCSc2nc(N)nc(N)n2)ccc1C(C)C. The summed E-state index contributed by atoms with van der Waals surface area (Å²) >= 11 is 1.43. The summed E-state index contributed by atoms with van der Waals surface area (Å²) < 4.78 is 5.75. The predicted octanol–water partition coefficient (Wildman–Crippen LogP) is 2.64. The molecule has 4 N–H and O–H groups in total. The number of aromatic nitrogens is 3. The highest BCUT2D eigenvalue weighted by molar-refractivity contribution is 7.99. The van der Waals surface area contributed by atoms with Crippen LogP contribution in [0.3, 0.4) is 0 Å². The monoisotopic (exact) mass is 319 g/mol. The van der Waals surface area contributed by atoms with Crippen LogP contribution in [0.5, 0.6) is 5.75 Å². The van der Waals surface area contributed by atoms with E-state index in [1.165, 1.54) is 22.9 Å². The van der Waals surface area contributed by atoms with Crippen molar-refractivity contribution in [1.29, 1.82) is 0 Å². The van der Waals surface area contributed by atoms with Gasteiger partial charge in [0.15, 0.2) is 5.16 Å². The number of nitrogens with two attached hydrogens (primary N) is 2. The van der Waals surface area contributed by atoms with Crippen LogP contribution in [0, 0.1) is 6.92 Å². The first-order valence-electron chi connectivity index (χ1n) is 7.09. The second-order valence-corrected chi connectivity index (χ2v) is 6.27. The summed E-state index contributed by atoms with van der Waals surface area (Å²) in [6, 6.07) is 6.20. The Morgan fingerprint density at radius 3 is 2.41 bits per heavy atom. The molecule has 118 valence electrons. The van der Waals surface area contributed by atoms with Crippen molar-refractivity contribution in [2.24, 2.45) is 0 Å². The maximum atomic E-state index is 5.75. The van der Waals surface area contributed by atoms with Gasteiger partial charge in [0.25, 0.3) is 0 Å². The Labute approximate surface area is 134 Å². The van der Waals surface area contributed by atoms with Crippen LogP contribution in [0.25, 0.3) is 0 Å². The van der Waals surface area contributed by atoms with E-state index in [4.69, 9.17) is 16.2 Å². The number of nitrogens with zero attached hydrogens (tertiary/aromatic N) is 3. The van der Waals surface area contributed by atoms with Crippen LogP contribution in [0.2, 0.25) is 0 Å². The van der Waals surface area contributed by atoms with E-state index in [1.807, 2.05) is 6.07 Å². The van der Waals surface area contributed by atoms with E-state index >= 15 is 0 Å². The summed E-state index contributed by atoms with van der Waals surface area (Å²) in [5.74, 6) is 2.36. The van der Waals surface area contributed by atoms with Crippen molar-refractivity contribution in [2.75, 3.05) is 23.8 Å². The van der Waals surface area contributed by atoms with Crippen LogP contribution in [0.1, 0.15) is 30.9 Å². The molecule has 1 aromatic carbocycles. The summed E-state index contributed by atoms with van der Waals surface area (Å²) in [6.07, 6.45) is 0. The summed E-state index contributed by atoms with van der Waals surface area (Å²) in [7, 11) is 0. The quantitative estimate of drug-likeness (QED) is 0.623. The normalized spacial score (nSPS) is 10.9. The summed E-state index contributed by atoms with van der Waals surface area (Å²) in [5.41, 5.74) is 13.6. The van der Waals surface area contributed by atoms with E-state index in [1.54, 1.807) is 0 Å². The summed E-state index contributed by atoms with van der Waals surface area (Å²) in [4.78, 5) is 11.7. The number of nitrogen functional groups attached to an aromatic ring is 2. The minimum atomic E-state index is 0.135. The van der Waals surface area contributed by atoms with E-state index in [-0.39, 0.29) is 11.9 Å². The first-order chi connectivity index (χ1) is 10.5. The first-order valence-corrected chi connectivity index (χ1v) is 8.07. The van der Waals surface area contributed by atoms with Gasteiger partial charge in [-0.3, -0.25) is 0 Å². The maximum Gasteiger partial charge on any atom is 0.225 e. The number of rotatable bonds is 6. The zero-order valence-corrected chi connectivity index (χ0v) is 13.9. The van der Waals surface area contributed by atoms with Gasteiger partial charge in [0.1, 0.15) is 5.75 Å². The van der Waals surface area contributed by atoms with Crippen LogP contribution in [-0.2, 0) is 0 Å². The molecule has 0 spiro atoms. The fourth-order valence-corrected chi connectivity index (χ4v) is 2.80. The van der Waals surface area contributed by atoms with E-state index < -0.39 is 0 Å². The number of anilines is 2. The van der Waals surface area contributed by atoms with Gasteiger partial charge in [0, 0.05) is 5.75 Å². The van der Waals surface area contributed by atoms with Crippen molar-refractivity contribution in [2.45, 2.75) is 31.8 Å². The van der Waals surface area contributed by atoms with Crippen molar-refractivity contribution in [3.05, 3.63) is 29.3 Å². The zero-order chi connectivity index (χ0) is 16.1. The molecule has 0 amide bonds. The van der Waals surface area contributed by atoms with E-state index in [9.17, 15) is 0 Å². The van der Waals surface area contributed by atoms with Gasteiger partial charge in [-0.25, -0.2) is 0 Å². The Balaban J connectivity index is 1.85. The molecule has 0 aliphatic carbocycles. The molecule has 0 atom stereocenters. The molecule has 6 nitrogen and oxygen atoms in total. The van der Waals surface area contributed by atoms with E-state index in [0.29, 0.717) is 23.4 Å². The van der Waals surface area contributed by atoms with Crippen molar-refractivity contribution >= 4 is 23.7 Å². The molecule has 0 unspecified atom stereocenters. The molecule has 0 saturated carbocycles. The highest BCUT2D eigenvalue weighted by atomic mass is 32.2. The minimum absolute atomic E-state index is 0.135. The van der Waals surface area contributed by atoms with Crippen molar-refractivity contribution in [1.82, 2.24) is 15.0 Å². The van der Waals surface area contributed by atoms with Gasteiger partial charge < -0.3 is 16.2 Å². The Kier molecular flexibility index (Phi) is 5.43. The molecule has 0 saturated heterocycles. The third-order valence-corrected chi connectivity index (χ3v) is 3.91. The maximum absolute atomic E-state index is 5.75. The van der Waals surface area contributed by atoms with Crippen LogP contribution in [0.15, 0.2) is 23.4 Å². The van der Waals surface area contributed by atoms with Crippen molar-refractivity contribution in [3.8, 4) is 5.75 Å². The highest BCUT2D eigenvalue weighted by Crippen LogP contribution is 2.23. The van der Waals surface area contributed by atoms with Crippen LogP contribution < -0.4 is 16.2 Å². The topological polar surface area (TPSA) is 99.9 Å². The molecule has 0 aliphatic heterocycles. The number of thioether (sulfide) groups is 1. The van der Waals surface area contributed by atoms with Gasteiger partial charge in [-0.15, -0.1) is 0 Å². The molecule has 2 aromatic rings. The van der Waals surface area contributed by atoms with Gasteiger partial charge >= 0.3 is 0 Å². The lowest BCUT2D eigenvalue weighted by Crippen LogP contribution is -2.06. The molecular formula is C15H21N5OS. The first kappa shape index (κ1) is 16.4. The lowest BCUT2D eigenvalue weighted by Gasteiger charge is -2.12. The summed E-state index contributed by atoms with van der Waals surface area (Å²) in [5, 5.41) is 0.514. The molecule has 1 aromatic heterocycles. The van der Waals surface area contributed by atoms with Gasteiger partial charge in [0.2, 0.25) is 11.9 Å². The smallest absolute Gasteiger partial charge is 0.225 e. The lowest BCUT2D eigenvalue weighted by molar-refractivity contribution is 0.343. The number of benzene rings is 1. The number of aryl methyl sites for hydroxylation is 1. The van der Waals surface area contributed by atoms with Crippen LogP contribution in [-0.4, -0.2) is 27.3 Å². The van der Waals surface area contributed by atoms with Crippen molar-refractivity contribution < 1.29 is 4.74 Å². The number of ether oxygens (including phenoxy) is 1. The van der Waals surface area contributed by atoms with Crippen molar-refractivity contribution in [3.63, 3.8) is 0 Å². The standard InChI is InChI=1S/C15H21N5OS/c1-9(2)12-5-4-11(8-10(12)3)21-6-7-22-15-19-13(16)18-14(17)20-15/h4-5,8-9H,6-7H2,1-3H3,(H4,16,17,18,19,20). The number of hydrogen-bond donors (Lipinski definition) is 2. The molecule has 2 rings (SSSR count). The average molecular weight is 319 g/mol. The Hall–Kier alpha value is -2.02. The predicted molar refractivity (Wildman–Crippen MR) is 90.1 cm³/mol. The van der Waals surface area contributed by atoms with Gasteiger partial charge in [-0.1, -0.05) is 31.7 Å². The number of hydrogen-bond acceptors (Lipinski definition) is 7. The van der Waals surface area contributed by atoms with Crippen LogP contribution in [0.4, 0.5) is 11.9 Å². The van der Waals surface area contributed by atoms with E-state index in [2.05, 4.69) is 47.9 Å². The largest absolute Gasteiger partial charge is 0.493 e. The second-order valence-electron chi connectivity index (χ2n) is 5.20. The second kappa shape index (κ2) is 7.31. The molecule has 0 aliphatic rings. The van der Waals surface area contributed by atoms with Crippen LogP contribution >= 0.6 is 11.8 Å². The fraction of sp³-hybridized carbons (Fsp3) is 0.400. The zero-order valence-electron chi connectivity index (χ0n) is 13.0. The molecule has 22 heavy (non-hydrogen) atoms. The molecular weight excluding hydrogens is 298 g/mol. The Morgan fingerprint density at radius 2 is 1.82 bits per heavy atom. The molecule has 0 bridgehead atoms.